The lowest BCUT2D eigenvalue weighted by Gasteiger charge is -2.33. The molecule has 0 bridgehead atoms. The van der Waals surface area contributed by atoms with Crippen LogP contribution in [0.3, 0.4) is 0 Å². The molecular formula is C31H35FN2O5S. The summed E-state index contributed by atoms with van der Waals surface area (Å²) in [5.74, 6) is -0.324. The molecule has 0 spiro atoms. The molecule has 3 aromatic rings. The van der Waals surface area contributed by atoms with Crippen LogP contribution in [0.2, 0.25) is 0 Å². The van der Waals surface area contributed by atoms with Crippen LogP contribution in [0.25, 0.3) is 17.2 Å². The Balaban J connectivity index is 1.90. The van der Waals surface area contributed by atoms with Crippen molar-refractivity contribution >= 4 is 27.7 Å². The van der Waals surface area contributed by atoms with Gasteiger partial charge in [0.05, 0.1) is 22.8 Å². The van der Waals surface area contributed by atoms with Crippen LogP contribution in [-0.2, 0) is 21.2 Å². The number of carbonyl (C=O) groups is 1. The molecule has 0 fully saturated rings. The number of aliphatic hydroxyl groups is 2. The van der Waals surface area contributed by atoms with Crippen molar-refractivity contribution in [2.45, 2.75) is 69.5 Å². The van der Waals surface area contributed by atoms with Crippen LogP contribution >= 0.6 is 0 Å². The minimum atomic E-state index is -3.89. The smallest absolute Gasteiger partial charge is 0.265 e. The second kappa shape index (κ2) is 12.4. The molecule has 0 amide bonds. The number of halogens is 1. The quantitative estimate of drug-likeness (QED) is 0.347. The molecule has 2 atom stereocenters. The minimum Gasteiger partial charge on any atom is -0.393 e. The molecule has 9 heteroatoms. The summed E-state index contributed by atoms with van der Waals surface area (Å²) in [7, 11) is -3.89. The van der Waals surface area contributed by atoms with Gasteiger partial charge in [-0.25, -0.2) is 22.1 Å². The topological polar surface area (TPSA) is 108 Å². The Kier molecular flexibility index (Phi) is 9.18. The first-order valence-corrected chi connectivity index (χ1v) is 14.9. The van der Waals surface area contributed by atoms with Gasteiger partial charge in [-0.3, -0.25) is 4.79 Å². The van der Waals surface area contributed by atoms with E-state index in [0.717, 1.165) is 11.1 Å². The second-order valence-electron chi connectivity index (χ2n) is 10.5. The number of carbonyl (C=O) groups excluding carboxylic acids is 1. The molecule has 0 radical (unpaired) electrons. The lowest BCUT2D eigenvalue weighted by atomic mass is 9.87. The molecule has 1 aliphatic rings. The monoisotopic (exact) mass is 566 g/mol. The van der Waals surface area contributed by atoms with Gasteiger partial charge in [-0.1, -0.05) is 56.3 Å². The van der Waals surface area contributed by atoms with Crippen LogP contribution in [0, 0.1) is 5.82 Å². The van der Waals surface area contributed by atoms with Gasteiger partial charge in [0.25, 0.3) is 10.0 Å². The standard InChI is InChI=1S/C31H35FN2O5S/c1-20(2)30-27(16-15-24(36)19-25(37)18-21(3)35)29(22-11-13-23(32)14-12-22)28-10-7-17-34(31(28)33-30)40(38,39)26-8-5-4-6-9-26/h4-6,8-9,11-16,20,24-25,36-37H,7,10,17-19H2,1-3H3/b16-15+/t24-,25+/m1/s1. The molecule has 2 aromatic carbocycles. The zero-order valence-corrected chi connectivity index (χ0v) is 23.7. The summed E-state index contributed by atoms with van der Waals surface area (Å²) < 4.78 is 42.8. The summed E-state index contributed by atoms with van der Waals surface area (Å²) in [5, 5.41) is 20.7. The van der Waals surface area contributed by atoms with E-state index in [1.165, 1.54) is 23.4 Å². The van der Waals surface area contributed by atoms with E-state index in [4.69, 9.17) is 4.98 Å². The van der Waals surface area contributed by atoms with E-state index in [9.17, 15) is 27.8 Å². The first kappa shape index (κ1) is 29.6. The van der Waals surface area contributed by atoms with Gasteiger partial charge >= 0.3 is 0 Å². The zero-order valence-electron chi connectivity index (χ0n) is 22.9. The summed E-state index contributed by atoms with van der Waals surface area (Å²) in [6.45, 7) is 5.56. The molecular weight excluding hydrogens is 531 g/mol. The Morgan fingerprint density at radius 3 is 2.40 bits per heavy atom. The highest BCUT2D eigenvalue weighted by molar-refractivity contribution is 7.92. The van der Waals surface area contributed by atoms with Gasteiger partial charge in [-0.15, -0.1) is 0 Å². The number of ketones is 1. The Hall–Kier alpha value is -3.40. The number of aliphatic hydroxyl groups excluding tert-OH is 2. The lowest BCUT2D eigenvalue weighted by molar-refractivity contribution is -0.119. The van der Waals surface area contributed by atoms with Gasteiger partial charge in [0.15, 0.2) is 0 Å². The summed E-state index contributed by atoms with van der Waals surface area (Å²) in [5.41, 5.74) is 3.48. The summed E-state index contributed by atoms with van der Waals surface area (Å²) in [6.07, 6.45) is 2.35. The Labute approximate surface area is 235 Å². The van der Waals surface area contributed by atoms with Gasteiger partial charge in [-0.2, -0.15) is 0 Å². The maximum absolute atomic E-state index is 13.9. The fourth-order valence-corrected chi connectivity index (χ4v) is 6.58. The van der Waals surface area contributed by atoms with Crippen molar-refractivity contribution in [3.63, 3.8) is 0 Å². The highest BCUT2D eigenvalue weighted by Crippen LogP contribution is 2.42. The van der Waals surface area contributed by atoms with Crippen LogP contribution in [0.4, 0.5) is 10.2 Å². The summed E-state index contributed by atoms with van der Waals surface area (Å²) in [4.78, 5) is 16.4. The first-order valence-electron chi connectivity index (χ1n) is 13.4. The van der Waals surface area contributed by atoms with Crippen LogP contribution in [-0.4, -0.2) is 48.2 Å². The number of Topliss-reactive ketones (excluding diaryl/α,β-unsaturated/α-hetero) is 1. The van der Waals surface area contributed by atoms with Crippen molar-refractivity contribution in [3.8, 4) is 11.1 Å². The third kappa shape index (κ3) is 6.49. The Morgan fingerprint density at radius 2 is 1.77 bits per heavy atom. The molecule has 40 heavy (non-hydrogen) atoms. The second-order valence-corrected chi connectivity index (χ2v) is 12.3. The summed E-state index contributed by atoms with van der Waals surface area (Å²) in [6, 6.07) is 14.3. The number of nitrogens with zero attached hydrogens (tertiary/aromatic N) is 2. The molecule has 2 heterocycles. The van der Waals surface area contributed by atoms with Gasteiger partial charge in [0.2, 0.25) is 0 Å². The van der Waals surface area contributed by atoms with Crippen LogP contribution in [0.15, 0.2) is 65.6 Å². The molecule has 2 N–H and O–H groups in total. The number of pyridine rings is 1. The van der Waals surface area contributed by atoms with E-state index >= 15 is 0 Å². The van der Waals surface area contributed by atoms with E-state index in [0.29, 0.717) is 35.5 Å². The number of hydrogen-bond donors (Lipinski definition) is 2. The van der Waals surface area contributed by atoms with Crippen LogP contribution in [0.1, 0.15) is 62.8 Å². The normalized spacial score (nSPS) is 15.3. The maximum atomic E-state index is 13.9. The van der Waals surface area contributed by atoms with Crippen molar-refractivity contribution in [2.75, 3.05) is 10.8 Å². The largest absolute Gasteiger partial charge is 0.393 e. The molecule has 212 valence electrons. The van der Waals surface area contributed by atoms with E-state index in [2.05, 4.69) is 0 Å². The molecule has 0 aliphatic carbocycles. The lowest BCUT2D eigenvalue weighted by Crippen LogP contribution is -2.37. The number of fused-ring (bicyclic) bond motifs is 1. The van der Waals surface area contributed by atoms with Crippen molar-refractivity contribution in [1.29, 1.82) is 0 Å². The SMILES string of the molecule is CC(=O)C[C@H](O)C[C@H](O)/C=C/c1c(C(C)C)nc2c(c1-c1ccc(F)cc1)CCCN2S(=O)(=O)c1ccccc1. The van der Waals surface area contributed by atoms with Crippen molar-refractivity contribution in [1.82, 2.24) is 4.98 Å². The average molecular weight is 567 g/mol. The molecule has 1 aliphatic heterocycles. The highest BCUT2D eigenvalue weighted by Gasteiger charge is 2.34. The van der Waals surface area contributed by atoms with Crippen molar-refractivity contribution < 1.29 is 27.8 Å². The first-order chi connectivity index (χ1) is 19.0. The van der Waals surface area contributed by atoms with Crippen LogP contribution < -0.4 is 4.31 Å². The van der Waals surface area contributed by atoms with Crippen molar-refractivity contribution in [3.05, 3.63) is 83.3 Å². The zero-order chi connectivity index (χ0) is 29.0. The molecule has 1 aromatic heterocycles. The van der Waals surface area contributed by atoms with Crippen LogP contribution in [0.5, 0.6) is 0 Å². The number of rotatable bonds is 10. The van der Waals surface area contributed by atoms with Crippen molar-refractivity contribution in [2.24, 2.45) is 0 Å². The molecule has 0 unspecified atom stereocenters. The van der Waals surface area contributed by atoms with E-state index in [1.807, 2.05) is 13.8 Å². The van der Waals surface area contributed by atoms with Gasteiger partial charge in [0, 0.05) is 30.5 Å². The molecule has 7 nitrogen and oxygen atoms in total. The Morgan fingerprint density at radius 1 is 1.10 bits per heavy atom. The van der Waals surface area contributed by atoms with Gasteiger partial charge in [0.1, 0.15) is 17.4 Å². The fraction of sp³-hybridized carbons (Fsp3) is 0.355. The van der Waals surface area contributed by atoms with Gasteiger partial charge in [-0.05, 0) is 61.1 Å². The third-order valence-corrected chi connectivity index (χ3v) is 8.70. The average Bonchev–Trinajstić information content (AvgIpc) is 2.91. The Bertz CT molecular complexity index is 1490. The predicted octanol–water partition coefficient (Wildman–Crippen LogP) is 5.26. The molecule has 0 saturated carbocycles. The third-order valence-electron chi connectivity index (χ3n) is 6.90. The molecule has 4 rings (SSSR count). The maximum Gasteiger partial charge on any atom is 0.265 e. The van der Waals surface area contributed by atoms with E-state index in [1.54, 1.807) is 54.6 Å². The predicted molar refractivity (Wildman–Crippen MR) is 154 cm³/mol. The minimum absolute atomic E-state index is 0.0135. The number of benzene rings is 2. The van der Waals surface area contributed by atoms with E-state index < -0.39 is 28.0 Å². The molecule has 0 saturated heterocycles. The van der Waals surface area contributed by atoms with Gasteiger partial charge < -0.3 is 10.2 Å². The number of sulfonamides is 1. The number of hydrogen-bond acceptors (Lipinski definition) is 6. The fourth-order valence-electron chi connectivity index (χ4n) is 5.08. The van der Waals surface area contributed by atoms with E-state index in [-0.39, 0.29) is 36.0 Å². The number of anilines is 1. The summed E-state index contributed by atoms with van der Waals surface area (Å²) >= 11 is 0. The highest BCUT2D eigenvalue weighted by atomic mass is 32.2. The number of aromatic nitrogens is 1.